The number of nitriles is 1. The van der Waals surface area contributed by atoms with E-state index in [0.29, 0.717) is 5.56 Å². The van der Waals surface area contributed by atoms with Crippen molar-refractivity contribution < 1.29 is 0 Å². The number of rotatable bonds is 3. The van der Waals surface area contributed by atoms with Gasteiger partial charge in [-0.2, -0.15) is 5.26 Å². The minimum Gasteiger partial charge on any atom is -0.331 e. The Labute approximate surface area is 130 Å². The molecule has 1 aromatic heterocycles. The van der Waals surface area contributed by atoms with E-state index < -0.39 is 0 Å². The highest BCUT2D eigenvalue weighted by molar-refractivity contribution is 7.71. The second-order valence-corrected chi connectivity index (χ2v) is 6.57. The summed E-state index contributed by atoms with van der Waals surface area (Å²) < 4.78 is 2.91. The first-order chi connectivity index (χ1) is 10.1. The largest absolute Gasteiger partial charge is 0.331 e. The van der Waals surface area contributed by atoms with E-state index in [9.17, 15) is 0 Å². The minimum absolute atomic E-state index is 0.177. The quantitative estimate of drug-likeness (QED) is 0.883. The number of hydrogen-bond acceptors (Lipinski definition) is 3. The van der Waals surface area contributed by atoms with Crippen LogP contribution in [0.25, 0.3) is 11.0 Å². The lowest BCUT2D eigenvalue weighted by molar-refractivity contribution is 0.135. The van der Waals surface area contributed by atoms with Gasteiger partial charge in [0.1, 0.15) is 0 Å². The highest BCUT2D eigenvalue weighted by Crippen LogP contribution is 2.36. The Kier molecular flexibility index (Phi) is 3.60. The van der Waals surface area contributed by atoms with Crippen LogP contribution in [0.3, 0.4) is 0 Å². The summed E-state index contributed by atoms with van der Waals surface area (Å²) in [6.45, 7) is 0.883. The summed E-state index contributed by atoms with van der Waals surface area (Å²) in [4.78, 5) is 5.60. The van der Waals surface area contributed by atoms with E-state index in [1.807, 2.05) is 18.2 Å². The van der Waals surface area contributed by atoms with Gasteiger partial charge in [-0.15, -0.1) is 0 Å². The Balaban J connectivity index is 2.10. The molecule has 0 atom stereocenters. The molecule has 1 fully saturated rings. The van der Waals surface area contributed by atoms with Gasteiger partial charge in [-0.3, -0.25) is 0 Å². The molecule has 0 bridgehead atoms. The van der Waals surface area contributed by atoms with Gasteiger partial charge in [0.05, 0.1) is 22.7 Å². The third-order valence-electron chi connectivity index (χ3n) is 4.84. The SMILES string of the molecule is CN(C)C1(Cn2c(=S)[nH]c3ccc(C#N)cc32)CCCC1. The average Bonchev–Trinajstić information content (AvgIpc) is 3.05. The van der Waals surface area contributed by atoms with Crippen LogP contribution in [0, 0.1) is 16.1 Å². The van der Waals surface area contributed by atoms with Crippen LogP contribution in [-0.4, -0.2) is 34.1 Å². The lowest BCUT2D eigenvalue weighted by Crippen LogP contribution is -2.45. The highest BCUT2D eigenvalue weighted by atomic mass is 32.1. The number of hydrogen-bond donors (Lipinski definition) is 1. The summed E-state index contributed by atoms with van der Waals surface area (Å²) in [6.07, 6.45) is 4.95. The minimum atomic E-state index is 0.177. The Morgan fingerprint density at radius 1 is 1.38 bits per heavy atom. The van der Waals surface area contributed by atoms with Crippen molar-refractivity contribution in [3.63, 3.8) is 0 Å². The second-order valence-electron chi connectivity index (χ2n) is 6.19. The molecule has 0 radical (unpaired) electrons. The Morgan fingerprint density at radius 2 is 2.10 bits per heavy atom. The van der Waals surface area contributed by atoms with Crippen molar-refractivity contribution in [2.45, 2.75) is 37.8 Å². The monoisotopic (exact) mass is 300 g/mol. The predicted octanol–water partition coefficient (Wildman–Crippen LogP) is 3.44. The third-order valence-corrected chi connectivity index (χ3v) is 5.16. The zero-order chi connectivity index (χ0) is 15.0. The van der Waals surface area contributed by atoms with Crippen molar-refractivity contribution >= 4 is 23.3 Å². The van der Waals surface area contributed by atoms with Crippen molar-refractivity contribution in [1.29, 1.82) is 5.26 Å². The summed E-state index contributed by atoms with van der Waals surface area (Å²) in [7, 11) is 4.31. The van der Waals surface area contributed by atoms with Crippen molar-refractivity contribution in [3.8, 4) is 6.07 Å². The molecule has 21 heavy (non-hydrogen) atoms. The van der Waals surface area contributed by atoms with Gasteiger partial charge < -0.3 is 14.5 Å². The fourth-order valence-corrected chi connectivity index (χ4v) is 3.73. The maximum atomic E-state index is 9.11. The lowest BCUT2D eigenvalue weighted by atomic mass is 9.96. The fraction of sp³-hybridized carbons (Fsp3) is 0.500. The summed E-state index contributed by atoms with van der Waals surface area (Å²) in [5.41, 5.74) is 2.89. The number of benzene rings is 1. The van der Waals surface area contributed by atoms with E-state index in [1.54, 1.807) is 0 Å². The van der Waals surface area contributed by atoms with Crippen molar-refractivity contribution in [2.24, 2.45) is 0 Å². The van der Waals surface area contributed by atoms with E-state index in [2.05, 4.69) is 34.6 Å². The molecule has 0 aliphatic heterocycles. The molecule has 5 heteroatoms. The normalized spacial score (nSPS) is 17.4. The summed E-state index contributed by atoms with van der Waals surface area (Å²) >= 11 is 5.51. The standard InChI is InChI=1S/C16H20N4S/c1-19(2)16(7-3-4-8-16)11-20-14-9-12(10-17)5-6-13(14)18-15(20)21/h5-6,9H,3-4,7-8,11H2,1-2H3,(H,18,21). The number of fused-ring (bicyclic) bond motifs is 1. The van der Waals surface area contributed by atoms with E-state index in [1.165, 1.54) is 25.7 Å². The number of imidazole rings is 1. The molecule has 1 N–H and O–H groups in total. The van der Waals surface area contributed by atoms with Gasteiger partial charge in [-0.25, -0.2) is 0 Å². The van der Waals surface area contributed by atoms with Crippen LogP contribution in [-0.2, 0) is 6.54 Å². The second kappa shape index (κ2) is 5.28. The number of nitrogens with one attached hydrogen (secondary N) is 1. The van der Waals surface area contributed by atoms with Crippen LogP contribution < -0.4 is 0 Å². The molecule has 1 heterocycles. The van der Waals surface area contributed by atoms with Crippen LogP contribution in [0.4, 0.5) is 0 Å². The van der Waals surface area contributed by atoms with Crippen LogP contribution in [0.2, 0.25) is 0 Å². The average molecular weight is 300 g/mol. The number of nitrogens with zero attached hydrogens (tertiary/aromatic N) is 3. The molecular formula is C16H20N4S. The first kappa shape index (κ1) is 14.3. The first-order valence-corrected chi connectivity index (χ1v) is 7.77. The Bertz CT molecular complexity index is 757. The molecular weight excluding hydrogens is 280 g/mol. The molecule has 0 spiro atoms. The zero-order valence-corrected chi connectivity index (χ0v) is 13.3. The number of aromatic nitrogens is 2. The van der Waals surface area contributed by atoms with Crippen molar-refractivity contribution in [3.05, 3.63) is 28.5 Å². The Hall–Kier alpha value is -1.64. The molecule has 110 valence electrons. The summed E-state index contributed by atoms with van der Waals surface area (Å²) in [5, 5.41) is 9.11. The molecule has 1 saturated carbocycles. The maximum absolute atomic E-state index is 9.11. The van der Waals surface area contributed by atoms with Crippen molar-refractivity contribution in [1.82, 2.24) is 14.5 Å². The van der Waals surface area contributed by atoms with E-state index in [4.69, 9.17) is 17.5 Å². The molecule has 0 saturated heterocycles. The van der Waals surface area contributed by atoms with Gasteiger partial charge in [0, 0.05) is 12.1 Å². The molecule has 0 amide bonds. The zero-order valence-electron chi connectivity index (χ0n) is 12.5. The van der Waals surface area contributed by atoms with Crippen LogP contribution >= 0.6 is 12.2 Å². The summed E-state index contributed by atoms with van der Waals surface area (Å²) in [6, 6.07) is 7.91. The molecule has 1 aliphatic rings. The molecule has 1 aromatic carbocycles. The van der Waals surface area contributed by atoms with Crippen LogP contribution in [0.1, 0.15) is 31.2 Å². The summed E-state index contributed by atoms with van der Waals surface area (Å²) in [5.74, 6) is 0. The van der Waals surface area contributed by atoms with Gasteiger partial charge >= 0.3 is 0 Å². The smallest absolute Gasteiger partial charge is 0.178 e. The molecule has 3 rings (SSSR count). The molecule has 0 unspecified atom stereocenters. The van der Waals surface area contributed by atoms with Gasteiger partial charge in [-0.05, 0) is 57.4 Å². The van der Waals surface area contributed by atoms with Gasteiger partial charge in [-0.1, -0.05) is 12.8 Å². The van der Waals surface area contributed by atoms with E-state index in [-0.39, 0.29) is 5.54 Å². The molecule has 1 aliphatic carbocycles. The van der Waals surface area contributed by atoms with Gasteiger partial charge in [0.15, 0.2) is 4.77 Å². The lowest BCUT2D eigenvalue weighted by Gasteiger charge is -2.36. The Morgan fingerprint density at radius 3 is 2.71 bits per heavy atom. The third kappa shape index (κ3) is 2.39. The predicted molar refractivity (Wildman–Crippen MR) is 86.7 cm³/mol. The van der Waals surface area contributed by atoms with Crippen LogP contribution in [0.15, 0.2) is 18.2 Å². The van der Waals surface area contributed by atoms with Gasteiger partial charge in [0.2, 0.25) is 0 Å². The topological polar surface area (TPSA) is 47.8 Å². The fourth-order valence-electron chi connectivity index (χ4n) is 3.45. The van der Waals surface area contributed by atoms with E-state index >= 15 is 0 Å². The number of H-pyrrole nitrogens is 1. The van der Waals surface area contributed by atoms with E-state index in [0.717, 1.165) is 22.3 Å². The number of aromatic amines is 1. The van der Waals surface area contributed by atoms with Crippen molar-refractivity contribution in [2.75, 3.05) is 14.1 Å². The maximum Gasteiger partial charge on any atom is 0.178 e. The molecule has 4 nitrogen and oxygen atoms in total. The number of likely N-dealkylation sites (N-methyl/N-ethyl adjacent to an activating group) is 1. The molecule has 2 aromatic rings. The van der Waals surface area contributed by atoms with Gasteiger partial charge in [0.25, 0.3) is 0 Å². The first-order valence-electron chi connectivity index (χ1n) is 7.36. The highest BCUT2D eigenvalue weighted by Gasteiger charge is 2.36. The van der Waals surface area contributed by atoms with Crippen LogP contribution in [0.5, 0.6) is 0 Å².